The van der Waals surface area contributed by atoms with Crippen LogP contribution in [0.2, 0.25) is 0 Å². The van der Waals surface area contributed by atoms with Gasteiger partial charge in [-0.2, -0.15) is 0 Å². The van der Waals surface area contributed by atoms with Gasteiger partial charge >= 0.3 is 29.8 Å². The molecule has 0 amide bonds. The van der Waals surface area contributed by atoms with E-state index in [1.807, 2.05) is 0 Å². The molecule has 2 aromatic rings. The maximum atomic E-state index is 11.9. The van der Waals surface area contributed by atoms with Crippen LogP contribution < -0.4 is 4.74 Å². The summed E-state index contributed by atoms with van der Waals surface area (Å²) in [4.78, 5) is 59.4. The molecule has 0 aliphatic carbocycles. The van der Waals surface area contributed by atoms with Gasteiger partial charge in [-0.25, -0.2) is 4.79 Å². The minimum Gasteiger partial charge on any atom is -0.465 e. The molecule has 5 atom stereocenters. The summed E-state index contributed by atoms with van der Waals surface area (Å²) >= 11 is 1.18. The Morgan fingerprint density at radius 2 is 1.46 bits per heavy atom. The molecule has 1 aromatic heterocycles. The monoisotopic (exact) mass is 538 g/mol. The van der Waals surface area contributed by atoms with E-state index >= 15 is 0 Å². The summed E-state index contributed by atoms with van der Waals surface area (Å²) in [6, 6.07) is 6.62. The highest BCUT2D eigenvalue weighted by Crippen LogP contribution is 2.34. The predicted octanol–water partition coefficient (Wildman–Crippen LogP) is 2.15. The van der Waals surface area contributed by atoms with Crippen LogP contribution in [-0.4, -0.2) is 74.3 Å². The van der Waals surface area contributed by atoms with Crippen molar-refractivity contribution >= 4 is 51.3 Å². The largest absolute Gasteiger partial charge is 0.465 e. The zero-order chi connectivity index (χ0) is 27.3. The molecule has 0 saturated carbocycles. The third-order valence-corrected chi connectivity index (χ3v) is 6.16. The van der Waals surface area contributed by atoms with E-state index in [4.69, 9.17) is 33.2 Å². The fourth-order valence-electron chi connectivity index (χ4n) is 3.70. The third kappa shape index (κ3) is 7.17. The van der Waals surface area contributed by atoms with E-state index in [1.54, 1.807) is 24.3 Å². The summed E-state index contributed by atoms with van der Waals surface area (Å²) in [6.45, 7) is 4.22. The van der Waals surface area contributed by atoms with Crippen LogP contribution >= 0.6 is 11.3 Å². The van der Waals surface area contributed by atoms with Crippen LogP contribution in [0.5, 0.6) is 5.75 Å². The number of hydrogen-bond donors (Lipinski definition) is 0. The summed E-state index contributed by atoms with van der Waals surface area (Å²) in [5.74, 6) is -3.06. The molecule has 2 heterocycles. The number of rotatable bonds is 8. The number of fused-ring (bicyclic) bond motifs is 1. The first kappa shape index (κ1) is 27.9. The Balaban J connectivity index is 1.98. The summed E-state index contributed by atoms with van der Waals surface area (Å²) in [6.07, 6.45) is -6.49. The second-order valence-corrected chi connectivity index (χ2v) is 9.07. The Morgan fingerprint density at radius 1 is 0.838 bits per heavy atom. The van der Waals surface area contributed by atoms with E-state index < -0.39 is 60.6 Å². The first-order chi connectivity index (χ1) is 17.5. The number of carbonyl (C=O) groups is 5. The van der Waals surface area contributed by atoms with Gasteiger partial charge in [0.1, 0.15) is 23.3 Å². The van der Waals surface area contributed by atoms with E-state index in [0.717, 1.165) is 26.2 Å². The lowest BCUT2D eigenvalue weighted by molar-refractivity contribution is -0.288. The first-order valence-corrected chi connectivity index (χ1v) is 11.9. The summed E-state index contributed by atoms with van der Waals surface area (Å²) in [7, 11) is 1.28. The number of hydrogen-bond acceptors (Lipinski definition) is 13. The van der Waals surface area contributed by atoms with Crippen molar-refractivity contribution in [2.24, 2.45) is 0 Å². The average Bonchev–Trinajstić information content (AvgIpc) is 3.23. The molecule has 3 rings (SSSR count). The van der Waals surface area contributed by atoms with Gasteiger partial charge in [-0.05, 0) is 29.7 Å². The van der Waals surface area contributed by atoms with Crippen molar-refractivity contribution in [3.8, 4) is 5.75 Å². The first-order valence-electron chi connectivity index (χ1n) is 11.1. The minimum absolute atomic E-state index is 0.270. The average molecular weight is 539 g/mol. The number of carbonyl (C=O) groups excluding carboxylic acids is 5. The van der Waals surface area contributed by atoms with Gasteiger partial charge < -0.3 is 33.2 Å². The number of esters is 5. The molecular formula is C24H26O12S. The van der Waals surface area contributed by atoms with Crippen molar-refractivity contribution < 1.29 is 57.1 Å². The van der Waals surface area contributed by atoms with E-state index in [0.29, 0.717) is 9.58 Å². The Kier molecular flexibility index (Phi) is 9.05. The van der Waals surface area contributed by atoms with Crippen LogP contribution in [0.3, 0.4) is 0 Å². The standard InChI is InChI=1S/C24H26O12S/c1-11(25)31-10-17-20(32-12(2)26)21(33-13(3)27)22(34-14(4)28)24(36-17)35-16-7-6-15-8-19(23(29)30-5)37-18(15)9-16/h6-9,17,20-22,24H,10H2,1-5H3/t17-,20-,21+,22+,24+/m1/s1. The predicted molar refractivity (Wildman–Crippen MR) is 126 cm³/mol. The van der Waals surface area contributed by atoms with E-state index in [-0.39, 0.29) is 12.4 Å². The summed E-state index contributed by atoms with van der Waals surface area (Å²) < 4.78 is 38.6. The van der Waals surface area contributed by atoms with E-state index in [2.05, 4.69) is 0 Å². The number of methoxy groups -OCH3 is 1. The zero-order valence-corrected chi connectivity index (χ0v) is 21.5. The Morgan fingerprint density at radius 3 is 2.05 bits per heavy atom. The van der Waals surface area contributed by atoms with E-state index in [1.165, 1.54) is 25.4 Å². The summed E-state index contributed by atoms with van der Waals surface area (Å²) in [5.41, 5.74) is 0. The van der Waals surface area contributed by atoms with Crippen LogP contribution in [0.15, 0.2) is 24.3 Å². The molecule has 0 N–H and O–H groups in total. The normalized spacial score (nSPS) is 23.0. The lowest BCUT2D eigenvalue weighted by Crippen LogP contribution is -2.63. The second-order valence-electron chi connectivity index (χ2n) is 7.99. The molecule has 200 valence electrons. The molecule has 0 spiro atoms. The van der Waals surface area contributed by atoms with Crippen molar-refractivity contribution in [3.05, 3.63) is 29.1 Å². The van der Waals surface area contributed by atoms with Gasteiger partial charge in [-0.1, -0.05) is 0 Å². The molecule has 13 heteroatoms. The van der Waals surface area contributed by atoms with E-state index in [9.17, 15) is 24.0 Å². The maximum absolute atomic E-state index is 11.9. The number of thiophene rings is 1. The highest BCUT2D eigenvalue weighted by Gasteiger charge is 2.53. The molecule has 37 heavy (non-hydrogen) atoms. The SMILES string of the molecule is COC(=O)c1cc2ccc(O[C@H]3O[C@H](COC(C)=O)[C@@H](OC(C)=O)[C@H](OC(C)=O)[C@@H]3OC(C)=O)cc2s1. The maximum Gasteiger partial charge on any atom is 0.348 e. The molecule has 0 radical (unpaired) electrons. The third-order valence-electron chi connectivity index (χ3n) is 5.08. The zero-order valence-electron chi connectivity index (χ0n) is 20.7. The molecule has 0 unspecified atom stereocenters. The van der Waals surface area contributed by atoms with Crippen LogP contribution in [-0.2, 0) is 47.6 Å². The van der Waals surface area contributed by atoms with Crippen molar-refractivity contribution in [2.75, 3.05) is 13.7 Å². The quantitative estimate of drug-likeness (QED) is 0.358. The lowest BCUT2D eigenvalue weighted by atomic mass is 9.98. The molecule has 0 bridgehead atoms. The van der Waals surface area contributed by atoms with Crippen molar-refractivity contribution in [1.29, 1.82) is 0 Å². The number of ether oxygens (including phenoxy) is 7. The van der Waals surface area contributed by atoms with Gasteiger partial charge in [0.2, 0.25) is 12.4 Å². The fourth-order valence-corrected chi connectivity index (χ4v) is 4.71. The molecule has 1 fully saturated rings. The van der Waals surface area contributed by atoms with Crippen molar-refractivity contribution in [2.45, 2.75) is 58.4 Å². The highest BCUT2D eigenvalue weighted by molar-refractivity contribution is 7.20. The van der Waals surface area contributed by atoms with Gasteiger partial charge in [-0.3, -0.25) is 19.2 Å². The van der Waals surface area contributed by atoms with Gasteiger partial charge in [0, 0.05) is 32.4 Å². The Labute approximate surface area is 215 Å². The molecule has 1 aromatic carbocycles. The van der Waals surface area contributed by atoms with Crippen LogP contribution in [0.25, 0.3) is 10.1 Å². The van der Waals surface area contributed by atoms with Crippen molar-refractivity contribution in [1.82, 2.24) is 0 Å². The molecular weight excluding hydrogens is 512 g/mol. The summed E-state index contributed by atoms with van der Waals surface area (Å²) in [5, 5.41) is 0.763. The fraction of sp³-hybridized carbons (Fsp3) is 0.458. The molecule has 1 aliphatic rings. The number of benzene rings is 1. The minimum atomic E-state index is -1.36. The Hall–Kier alpha value is -3.71. The van der Waals surface area contributed by atoms with Gasteiger partial charge in [0.05, 0.1) is 7.11 Å². The van der Waals surface area contributed by atoms with Gasteiger partial charge in [0.15, 0.2) is 12.2 Å². The smallest absolute Gasteiger partial charge is 0.348 e. The van der Waals surface area contributed by atoms with Crippen LogP contribution in [0, 0.1) is 0 Å². The van der Waals surface area contributed by atoms with Gasteiger partial charge in [-0.15, -0.1) is 11.3 Å². The molecule has 1 aliphatic heterocycles. The molecule has 1 saturated heterocycles. The topological polar surface area (TPSA) is 150 Å². The van der Waals surface area contributed by atoms with Crippen LogP contribution in [0.4, 0.5) is 0 Å². The van der Waals surface area contributed by atoms with Crippen molar-refractivity contribution in [3.63, 3.8) is 0 Å². The highest BCUT2D eigenvalue weighted by atomic mass is 32.1. The van der Waals surface area contributed by atoms with Gasteiger partial charge in [0.25, 0.3) is 0 Å². The van der Waals surface area contributed by atoms with Crippen LogP contribution in [0.1, 0.15) is 37.4 Å². The molecule has 12 nitrogen and oxygen atoms in total. The Bertz CT molecular complexity index is 1190. The second kappa shape index (κ2) is 12.0. The lowest BCUT2D eigenvalue weighted by Gasteiger charge is -2.43.